The Balaban J connectivity index is -0.000000347. The molecule has 0 aliphatic heterocycles. The normalized spacial score (nSPS) is 10.6. The number of phosphoric acid groups is 1. The van der Waals surface area contributed by atoms with Crippen molar-refractivity contribution in [1.29, 1.82) is 0 Å². The van der Waals surface area contributed by atoms with Crippen molar-refractivity contribution in [3.8, 4) is 0 Å². The number of esters is 1. The molecule has 0 spiro atoms. The van der Waals surface area contributed by atoms with Crippen molar-refractivity contribution in [1.82, 2.24) is 0 Å². The minimum atomic E-state index is -5.08. The number of carbonyl (C=O) groups excluding carboxylic acids is 1. The van der Waals surface area contributed by atoms with E-state index >= 15 is 0 Å². The van der Waals surface area contributed by atoms with Gasteiger partial charge in [-0.25, -0.2) is 14.2 Å². The molecule has 13 heteroatoms. The first-order chi connectivity index (χ1) is 8.77. The molecule has 21 heavy (non-hydrogen) atoms. The Hall–Kier alpha value is -0.901. The van der Waals surface area contributed by atoms with Crippen molar-refractivity contribution >= 4 is 19.8 Å². The standard InChI is InChI=1S/C6H11O6P.C2HF3O2.Cu/c1-5(2)6(7)11-3-4-12-13(8,9)10;3-2(4,5)1(6)7;/h1,3-4H2,2H3,(H2,8,9,10);(H,6,7);. The third-order valence-electron chi connectivity index (χ3n) is 1.17. The molecule has 0 amide bonds. The van der Waals surface area contributed by atoms with Gasteiger partial charge in [0.2, 0.25) is 0 Å². The Labute approximate surface area is 127 Å². The largest absolute Gasteiger partial charge is 0.490 e. The molecule has 0 aliphatic carbocycles. The van der Waals surface area contributed by atoms with E-state index in [-0.39, 0.29) is 35.9 Å². The predicted molar refractivity (Wildman–Crippen MR) is 57.5 cm³/mol. The molecule has 0 unspecified atom stereocenters. The molecule has 0 saturated carbocycles. The minimum absolute atomic E-state index is 0. The van der Waals surface area contributed by atoms with Crippen LogP contribution in [0.5, 0.6) is 0 Å². The molecule has 0 fully saturated rings. The summed E-state index contributed by atoms with van der Waals surface area (Å²) in [5.41, 5.74) is 0.219. The average molecular weight is 388 g/mol. The summed E-state index contributed by atoms with van der Waals surface area (Å²) >= 11 is 0. The summed E-state index contributed by atoms with van der Waals surface area (Å²) in [6.07, 6.45) is -5.08. The molecule has 129 valence electrons. The number of alkyl halides is 3. The second kappa shape index (κ2) is 10.8. The first kappa shape index (κ1) is 25.1. The maximum atomic E-state index is 10.7. The van der Waals surface area contributed by atoms with E-state index in [2.05, 4.69) is 15.8 Å². The van der Waals surface area contributed by atoms with E-state index in [1.165, 1.54) is 6.92 Å². The van der Waals surface area contributed by atoms with Crippen LogP contribution in [-0.4, -0.2) is 46.2 Å². The van der Waals surface area contributed by atoms with Gasteiger partial charge in [0.05, 0.1) is 6.61 Å². The summed E-state index contributed by atoms with van der Waals surface area (Å²) in [5.74, 6) is -3.37. The van der Waals surface area contributed by atoms with E-state index in [1.54, 1.807) is 0 Å². The molecule has 0 aliphatic rings. The Morgan fingerprint density at radius 1 is 1.24 bits per heavy atom. The van der Waals surface area contributed by atoms with Gasteiger partial charge in [0.25, 0.3) is 0 Å². The van der Waals surface area contributed by atoms with E-state index in [0.717, 1.165) is 0 Å². The Morgan fingerprint density at radius 3 is 1.86 bits per heavy atom. The van der Waals surface area contributed by atoms with Crippen molar-refractivity contribution in [2.45, 2.75) is 13.1 Å². The molecule has 0 heterocycles. The number of hydrogen-bond acceptors (Lipinski definition) is 5. The number of aliphatic carboxylic acids is 1. The number of hydrogen-bond donors (Lipinski definition) is 3. The van der Waals surface area contributed by atoms with Crippen molar-refractivity contribution in [3.05, 3.63) is 12.2 Å². The zero-order valence-corrected chi connectivity index (χ0v) is 12.2. The van der Waals surface area contributed by atoms with Crippen molar-refractivity contribution in [3.63, 3.8) is 0 Å². The first-order valence-electron chi connectivity index (χ1n) is 4.60. The predicted octanol–water partition coefficient (Wildman–Crippen LogP) is 0.846. The van der Waals surface area contributed by atoms with Crippen LogP contribution in [0.2, 0.25) is 0 Å². The minimum Gasteiger partial charge on any atom is -0.475 e. The van der Waals surface area contributed by atoms with Crippen LogP contribution in [0.1, 0.15) is 6.92 Å². The molecule has 0 aromatic carbocycles. The third kappa shape index (κ3) is 19.1. The molecule has 0 bridgehead atoms. The maximum Gasteiger partial charge on any atom is 0.490 e. The molecule has 1 radical (unpaired) electrons. The topological polar surface area (TPSA) is 130 Å². The summed E-state index contributed by atoms with van der Waals surface area (Å²) in [5, 5.41) is 7.12. The van der Waals surface area contributed by atoms with Crippen LogP contribution >= 0.6 is 7.82 Å². The first-order valence-corrected chi connectivity index (χ1v) is 6.13. The SMILES string of the molecule is C=C(C)C(=O)OCCOP(=O)(O)O.O=C(O)C(F)(F)F.[Cu]. The van der Waals surface area contributed by atoms with Crippen LogP contribution in [0, 0.1) is 0 Å². The van der Waals surface area contributed by atoms with Crippen molar-refractivity contribution in [2.75, 3.05) is 13.2 Å². The molecular formula is C8H12CuF3O8P. The average Bonchev–Trinajstić information content (AvgIpc) is 2.22. The Morgan fingerprint density at radius 2 is 1.62 bits per heavy atom. The fraction of sp³-hybridized carbons (Fsp3) is 0.500. The summed E-state index contributed by atoms with van der Waals surface area (Å²) in [6, 6.07) is 0. The fourth-order valence-electron chi connectivity index (χ4n) is 0.414. The Kier molecular flexibility index (Phi) is 12.9. The van der Waals surface area contributed by atoms with Crippen molar-refractivity contribution < 1.29 is 68.5 Å². The van der Waals surface area contributed by atoms with Gasteiger partial charge in [-0.2, -0.15) is 13.2 Å². The number of halogens is 3. The quantitative estimate of drug-likeness (QED) is 0.208. The van der Waals surface area contributed by atoms with Crippen LogP contribution in [0.4, 0.5) is 13.2 Å². The van der Waals surface area contributed by atoms with Gasteiger partial charge in [-0.15, -0.1) is 0 Å². The van der Waals surface area contributed by atoms with Gasteiger partial charge < -0.3 is 19.6 Å². The molecule has 0 saturated heterocycles. The van der Waals surface area contributed by atoms with Crippen LogP contribution in [0.25, 0.3) is 0 Å². The van der Waals surface area contributed by atoms with Gasteiger partial charge in [-0.05, 0) is 6.92 Å². The molecule has 3 N–H and O–H groups in total. The zero-order valence-electron chi connectivity index (χ0n) is 10.4. The van der Waals surface area contributed by atoms with Crippen molar-refractivity contribution in [2.24, 2.45) is 0 Å². The van der Waals surface area contributed by atoms with Gasteiger partial charge in [-0.1, -0.05) is 6.58 Å². The van der Waals surface area contributed by atoms with Crippen LogP contribution in [0.15, 0.2) is 12.2 Å². The molecule has 0 aromatic heterocycles. The summed E-state index contributed by atoms with van der Waals surface area (Å²) < 4.78 is 50.4. The van der Waals surface area contributed by atoms with E-state index in [4.69, 9.17) is 19.7 Å². The second-order valence-electron chi connectivity index (χ2n) is 3.04. The number of ether oxygens (including phenoxy) is 1. The molecule has 0 aromatic rings. The molecule has 0 atom stereocenters. The Bertz CT molecular complexity index is 405. The third-order valence-corrected chi connectivity index (χ3v) is 1.69. The van der Waals surface area contributed by atoms with Gasteiger partial charge >= 0.3 is 25.9 Å². The number of phosphoric ester groups is 1. The van der Waals surface area contributed by atoms with Crippen LogP contribution < -0.4 is 0 Å². The zero-order chi connectivity index (χ0) is 16.6. The van der Waals surface area contributed by atoms with E-state index in [9.17, 15) is 22.5 Å². The smallest absolute Gasteiger partial charge is 0.475 e. The monoisotopic (exact) mass is 387 g/mol. The van der Waals surface area contributed by atoms with Gasteiger partial charge in [0.15, 0.2) is 0 Å². The second-order valence-corrected chi connectivity index (χ2v) is 4.28. The number of rotatable bonds is 5. The summed E-state index contributed by atoms with van der Waals surface area (Å²) in [7, 11) is -4.46. The summed E-state index contributed by atoms with van der Waals surface area (Å²) in [6.45, 7) is 4.22. The molecule has 8 nitrogen and oxygen atoms in total. The number of carboxylic acids is 1. The van der Waals surface area contributed by atoms with Gasteiger partial charge in [-0.3, -0.25) is 4.52 Å². The van der Waals surface area contributed by atoms with Gasteiger partial charge in [0.1, 0.15) is 6.61 Å². The van der Waals surface area contributed by atoms with Crippen LogP contribution in [-0.2, 0) is 40.5 Å². The maximum absolute atomic E-state index is 10.7. The summed E-state index contributed by atoms with van der Waals surface area (Å²) in [4.78, 5) is 36.0. The fourth-order valence-corrected chi connectivity index (χ4v) is 0.726. The van der Waals surface area contributed by atoms with E-state index in [1.807, 2.05) is 0 Å². The van der Waals surface area contributed by atoms with E-state index in [0.29, 0.717) is 0 Å². The molecule has 0 rings (SSSR count). The van der Waals surface area contributed by atoms with E-state index < -0.39 is 25.9 Å². The van der Waals surface area contributed by atoms with Gasteiger partial charge in [0, 0.05) is 22.6 Å². The number of carboxylic acid groups (broad SMARTS) is 1. The number of carbonyl (C=O) groups is 2. The molecular weight excluding hydrogens is 376 g/mol. The van der Waals surface area contributed by atoms with Crippen LogP contribution in [0.3, 0.4) is 0 Å².